The summed E-state index contributed by atoms with van der Waals surface area (Å²) in [5.41, 5.74) is 15.9. The SMILES string of the molecule is Cc1ccc(N(c2ccc(C)cc2)c2ccc(C(c3ccc(N(c4ccc(C)cc4)c4ccc(C)cc4)cc3)C(C)Cc3ccccc3)cc2)cc1. The van der Waals surface area contributed by atoms with Crippen LogP contribution in [0.5, 0.6) is 0 Å². The lowest BCUT2D eigenvalue weighted by Gasteiger charge is -2.29. The maximum atomic E-state index is 2.40. The van der Waals surface area contributed by atoms with Crippen molar-refractivity contribution in [3.63, 3.8) is 0 Å². The molecule has 0 aliphatic carbocycles. The zero-order valence-corrected chi connectivity index (χ0v) is 31.0. The lowest BCUT2D eigenvalue weighted by Crippen LogP contribution is -2.15. The molecule has 0 aliphatic heterocycles. The molecule has 0 amide bonds. The minimum atomic E-state index is 0.211. The van der Waals surface area contributed by atoms with E-state index >= 15 is 0 Å². The highest BCUT2D eigenvalue weighted by atomic mass is 15.1. The zero-order chi connectivity index (χ0) is 36.0. The number of aryl methyl sites for hydroxylation is 4. The molecular formula is C50H48N2. The molecule has 7 rings (SSSR count). The molecule has 0 radical (unpaired) electrons. The van der Waals surface area contributed by atoms with Gasteiger partial charge in [0.25, 0.3) is 0 Å². The van der Waals surface area contributed by atoms with Crippen LogP contribution in [0.1, 0.15) is 51.8 Å². The molecule has 52 heavy (non-hydrogen) atoms. The minimum Gasteiger partial charge on any atom is -0.311 e. The van der Waals surface area contributed by atoms with Gasteiger partial charge in [-0.15, -0.1) is 0 Å². The van der Waals surface area contributed by atoms with Crippen molar-refractivity contribution >= 4 is 34.1 Å². The molecule has 0 fully saturated rings. The summed E-state index contributed by atoms with van der Waals surface area (Å²) in [6.07, 6.45) is 0.993. The van der Waals surface area contributed by atoms with Crippen LogP contribution in [-0.4, -0.2) is 0 Å². The fraction of sp³-hybridized carbons (Fsp3) is 0.160. The Balaban J connectivity index is 1.26. The summed E-state index contributed by atoms with van der Waals surface area (Å²) in [5.74, 6) is 0.581. The predicted octanol–water partition coefficient (Wildman–Crippen LogP) is 13.9. The Hall–Kier alpha value is -5.86. The van der Waals surface area contributed by atoms with Gasteiger partial charge in [0.15, 0.2) is 0 Å². The van der Waals surface area contributed by atoms with Gasteiger partial charge in [0, 0.05) is 40.0 Å². The van der Waals surface area contributed by atoms with Gasteiger partial charge >= 0.3 is 0 Å². The quantitative estimate of drug-likeness (QED) is 0.135. The van der Waals surface area contributed by atoms with Gasteiger partial charge in [-0.1, -0.05) is 132 Å². The molecular weight excluding hydrogens is 629 g/mol. The predicted molar refractivity (Wildman–Crippen MR) is 222 cm³/mol. The van der Waals surface area contributed by atoms with E-state index in [2.05, 4.69) is 220 Å². The Morgan fingerprint density at radius 1 is 0.346 bits per heavy atom. The zero-order valence-electron chi connectivity index (χ0n) is 31.0. The molecule has 7 aromatic rings. The third-order valence-electron chi connectivity index (χ3n) is 10.2. The van der Waals surface area contributed by atoms with Crippen molar-refractivity contribution < 1.29 is 0 Å². The third kappa shape index (κ3) is 7.87. The highest BCUT2D eigenvalue weighted by Crippen LogP contribution is 2.41. The molecule has 2 heteroatoms. The number of nitrogens with zero attached hydrogens (tertiary/aromatic N) is 2. The van der Waals surface area contributed by atoms with Crippen LogP contribution >= 0.6 is 0 Å². The lowest BCUT2D eigenvalue weighted by atomic mass is 9.78. The number of benzene rings is 7. The van der Waals surface area contributed by atoms with Crippen LogP contribution in [0, 0.1) is 33.6 Å². The Morgan fingerprint density at radius 2 is 0.615 bits per heavy atom. The first-order valence-electron chi connectivity index (χ1n) is 18.4. The number of hydrogen-bond donors (Lipinski definition) is 0. The summed E-state index contributed by atoms with van der Waals surface area (Å²) in [6.45, 7) is 11.0. The molecule has 0 bridgehead atoms. The number of hydrogen-bond acceptors (Lipinski definition) is 2. The summed E-state index contributed by atoms with van der Waals surface area (Å²) in [6, 6.07) is 64.7. The summed E-state index contributed by atoms with van der Waals surface area (Å²) in [5, 5.41) is 0. The van der Waals surface area contributed by atoms with Crippen LogP contribution < -0.4 is 9.80 Å². The van der Waals surface area contributed by atoms with Gasteiger partial charge in [-0.3, -0.25) is 0 Å². The van der Waals surface area contributed by atoms with Crippen LogP contribution in [0.25, 0.3) is 0 Å². The Morgan fingerprint density at radius 3 is 0.904 bits per heavy atom. The molecule has 0 aromatic heterocycles. The highest BCUT2D eigenvalue weighted by Gasteiger charge is 2.24. The largest absolute Gasteiger partial charge is 0.311 e. The Kier molecular flexibility index (Phi) is 10.4. The van der Waals surface area contributed by atoms with E-state index in [1.807, 2.05) is 0 Å². The summed E-state index contributed by atoms with van der Waals surface area (Å²) in [4.78, 5) is 4.70. The smallest absolute Gasteiger partial charge is 0.0461 e. The van der Waals surface area contributed by atoms with Gasteiger partial charge in [-0.25, -0.2) is 0 Å². The average molecular weight is 677 g/mol. The average Bonchev–Trinajstić information content (AvgIpc) is 3.17. The second kappa shape index (κ2) is 15.6. The van der Waals surface area contributed by atoms with Crippen LogP contribution in [0.2, 0.25) is 0 Å². The fourth-order valence-electron chi connectivity index (χ4n) is 7.28. The molecule has 1 atom stereocenters. The molecule has 0 N–H and O–H groups in total. The van der Waals surface area contributed by atoms with Crippen LogP contribution in [0.15, 0.2) is 176 Å². The lowest BCUT2D eigenvalue weighted by molar-refractivity contribution is 0.510. The molecule has 1 unspecified atom stereocenters. The molecule has 7 aromatic carbocycles. The van der Waals surface area contributed by atoms with Gasteiger partial charge in [0.2, 0.25) is 0 Å². The minimum absolute atomic E-state index is 0.211. The maximum absolute atomic E-state index is 2.40. The fourth-order valence-corrected chi connectivity index (χ4v) is 7.28. The van der Waals surface area contributed by atoms with Gasteiger partial charge in [0.05, 0.1) is 0 Å². The molecule has 0 spiro atoms. The first-order chi connectivity index (χ1) is 25.3. The molecule has 0 aliphatic rings. The number of anilines is 6. The van der Waals surface area contributed by atoms with E-state index in [4.69, 9.17) is 0 Å². The summed E-state index contributed by atoms with van der Waals surface area (Å²) < 4.78 is 0. The van der Waals surface area contributed by atoms with E-state index in [0.29, 0.717) is 5.92 Å². The van der Waals surface area contributed by atoms with Crippen molar-refractivity contribution in [3.8, 4) is 0 Å². The molecule has 258 valence electrons. The van der Waals surface area contributed by atoms with Crippen molar-refractivity contribution in [2.24, 2.45) is 5.92 Å². The van der Waals surface area contributed by atoms with E-state index in [-0.39, 0.29) is 5.92 Å². The van der Waals surface area contributed by atoms with Crippen molar-refractivity contribution in [1.82, 2.24) is 0 Å². The molecule has 2 nitrogen and oxygen atoms in total. The number of rotatable bonds is 11. The van der Waals surface area contributed by atoms with Crippen molar-refractivity contribution in [1.29, 1.82) is 0 Å². The van der Waals surface area contributed by atoms with Gasteiger partial charge in [0.1, 0.15) is 0 Å². The van der Waals surface area contributed by atoms with Crippen molar-refractivity contribution in [2.75, 3.05) is 9.80 Å². The molecule has 0 heterocycles. The van der Waals surface area contributed by atoms with E-state index < -0.39 is 0 Å². The van der Waals surface area contributed by atoms with Crippen molar-refractivity contribution in [3.05, 3.63) is 215 Å². The van der Waals surface area contributed by atoms with E-state index in [9.17, 15) is 0 Å². The van der Waals surface area contributed by atoms with Gasteiger partial charge in [-0.05, 0) is 130 Å². The topological polar surface area (TPSA) is 6.48 Å². The Bertz CT molecular complexity index is 1940. The summed E-state index contributed by atoms with van der Waals surface area (Å²) >= 11 is 0. The van der Waals surface area contributed by atoms with Crippen LogP contribution in [0.4, 0.5) is 34.1 Å². The van der Waals surface area contributed by atoms with E-state index in [1.54, 1.807) is 0 Å². The molecule has 0 saturated carbocycles. The van der Waals surface area contributed by atoms with Crippen LogP contribution in [0.3, 0.4) is 0 Å². The molecule has 0 saturated heterocycles. The maximum Gasteiger partial charge on any atom is 0.0461 e. The second-order valence-electron chi connectivity index (χ2n) is 14.3. The standard InChI is InChI=1S/C50H48N2/c1-36-11-23-44(24-12-36)51(45-25-13-37(2)14-26-45)48-31-19-42(20-32-48)50(40(5)35-41-9-7-6-8-10-41)43-21-33-49(34-22-43)52(46-27-15-38(3)16-28-46)47-29-17-39(4)18-30-47/h6-34,40,50H,35H2,1-5H3. The van der Waals surface area contributed by atoms with E-state index in [0.717, 1.165) is 40.5 Å². The monoisotopic (exact) mass is 676 g/mol. The van der Waals surface area contributed by atoms with Crippen LogP contribution in [-0.2, 0) is 6.42 Å². The Labute approximate surface area is 310 Å². The first kappa shape index (κ1) is 34.6. The third-order valence-corrected chi connectivity index (χ3v) is 10.2. The first-order valence-corrected chi connectivity index (χ1v) is 18.4. The summed E-state index contributed by atoms with van der Waals surface area (Å²) in [7, 11) is 0. The van der Waals surface area contributed by atoms with Gasteiger partial charge < -0.3 is 9.80 Å². The highest BCUT2D eigenvalue weighted by molar-refractivity contribution is 5.78. The van der Waals surface area contributed by atoms with Gasteiger partial charge in [-0.2, -0.15) is 0 Å². The van der Waals surface area contributed by atoms with Crippen molar-refractivity contribution in [2.45, 2.75) is 47.0 Å². The normalized spacial score (nSPS) is 11.7. The second-order valence-corrected chi connectivity index (χ2v) is 14.3. The van der Waals surface area contributed by atoms with E-state index in [1.165, 1.54) is 38.9 Å².